The molecule has 1 spiro atoms. The summed E-state index contributed by atoms with van der Waals surface area (Å²) in [7, 11) is 0. The van der Waals surface area contributed by atoms with Crippen LogP contribution in [0.3, 0.4) is 0 Å². The molecule has 35 heavy (non-hydrogen) atoms. The Morgan fingerprint density at radius 2 is 1.40 bits per heavy atom. The molecule has 3 amide bonds. The molecule has 0 aliphatic carbocycles. The van der Waals surface area contributed by atoms with Gasteiger partial charge in [-0.2, -0.15) is 0 Å². The summed E-state index contributed by atoms with van der Waals surface area (Å²) in [6, 6.07) is 12.2. The van der Waals surface area contributed by atoms with Crippen molar-refractivity contribution < 1.29 is 23.5 Å². The normalized spacial score (nSPS) is 21.5. The van der Waals surface area contributed by atoms with Crippen molar-refractivity contribution in [2.75, 3.05) is 32.8 Å². The van der Waals surface area contributed by atoms with Crippen molar-refractivity contribution in [2.24, 2.45) is 0 Å². The van der Waals surface area contributed by atoms with E-state index in [0.717, 1.165) is 18.4 Å². The lowest BCUT2D eigenvalue weighted by molar-refractivity contribution is -0.136. The van der Waals surface area contributed by atoms with Crippen LogP contribution in [0.25, 0.3) is 0 Å². The van der Waals surface area contributed by atoms with Crippen LogP contribution in [0, 0.1) is 12.7 Å². The highest BCUT2D eigenvalue weighted by Gasteiger charge is 2.55. The van der Waals surface area contributed by atoms with Crippen LogP contribution in [-0.4, -0.2) is 77.0 Å². The van der Waals surface area contributed by atoms with Crippen molar-refractivity contribution in [1.82, 2.24) is 14.7 Å². The van der Waals surface area contributed by atoms with Crippen molar-refractivity contribution in [1.29, 1.82) is 0 Å². The van der Waals surface area contributed by atoms with Crippen molar-refractivity contribution in [2.45, 2.75) is 44.4 Å². The van der Waals surface area contributed by atoms with Gasteiger partial charge in [0.15, 0.2) is 0 Å². The van der Waals surface area contributed by atoms with Crippen LogP contribution in [-0.2, 0) is 9.53 Å². The summed E-state index contributed by atoms with van der Waals surface area (Å²) in [5, 5.41) is 0. The zero-order valence-corrected chi connectivity index (χ0v) is 19.9. The Hall–Kier alpha value is -3.26. The third-order valence-electron chi connectivity index (χ3n) is 7.40. The summed E-state index contributed by atoms with van der Waals surface area (Å²) in [6.07, 6.45) is 2.75. The molecule has 0 radical (unpaired) electrons. The van der Waals surface area contributed by atoms with Crippen LogP contribution in [0.2, 0.25) is 0 Å². The molecular weight excluding hydrogens is 449 g/mol. The van der Waals surface area contributed by atoms with E-state index in [4.69, 9.17) is 4.74 Å². The van der Waals surface area contributed by atoms with E-state index in [0.29, 0.717) is 50.1 Å². The summed E-state index contributed by atoms with van der Waals surface area (Å²) in [6.45, 7) is 4.27. The summed E-state index contributed by atoms with van der Waals surface area (Å²) < 4.78 is 19.6. The SMILES string of the molecule is Cc1ccc(C(=O)N2[C@@H](C(=O)N3CCCC3)COC23CCN(C(=O)c2ccc(F)cc2)CC3)cc1. The predicted octanol–water partition coefficient (Wildman–Crippen LogP) is 3.23. The Balaban J connectivity index is 1.39. The molecule has 0 N–H and O–H groups in total. The predicted molar refractivity (Wildman–Crippen MR) is 127 cm³/mol. The fraction of sp³-hybridized carbons (Fsp3) is 0.444. The molecule has 5 rings (SSSR count). The number of carbonyl (C=O) groups excluding carboxylic acids is 3. The second-order valence-electron chi connectivity index (χ2n) is 9.65. The van der Waals surface area contributed by atoms with Crippen molar-refractivity contribution in [3.05, 3.63) is 71.0 Å². The maximum Gasteiger partial charge on any atom is 0.256 e. The molecule has 0 saturated carbocycles. The molecule has 3 heterocycles. The number of nitrogens with zero attached hydrogens (tertiary/aromatic N) is 3. The third-order valence-corrected chi connectivity index (χ3v) is 7.40. The van der Waals surface area contributed by atoms with Crippen LogP contribution in [0.15, 0.2) is 48.5 Å². The van der Waals surface area contributed by atoms with E-state index in [1.807, 2.05) is 24.0 Å². The number of hydrogen-bond acceptors (Lipinski definition) is 4. The number of halogens is 1. The second-order valence-corrected chi connectivity index (χ2v) is 9.65. The first-order chi connectivity index (χ1) is 16.9. The Morgan fingerprint density at radius 3 is 2.03 bits per heavy atom. The molecule has 3 aliphatic heterocycles. The Kier molecular flexibility index (Phi) is 6.32. The van der Waals surface area contributed by atoms with E-state index in [1.165, 1.54) is 24.3 Å². The molecule has 0 unspecified atom stereocenters. The molecule has 0 aromatic heterocycles. The number of hydrogen-bond donors (Lipinski definition) is 0. The monoisotopic (exact) mass is 479 g/mol. The lowest BCUT2D eigenvalue weighted by Gasteiger charge is -2.44. The van der Waals surface area contributed by atoms with Gasteiger partial charge in [0.25, 0.3) is 11.8 Å². The average Bonchev–Trinajstić information content (AvgIpc) is 3.53. The zero-order chi connectivity index (χ0) is 24.6. The third kappa shape index (κ3) is 4.43. The smallest absolute Gasteiger partial charge is 0.256 e. The van der Waals surface area contributed by atoms with E-state index >= 15 is 0 Å². The molecule has 8 heteroatoms. The lowest BCUT2D eigenvalue weighted by atomic mass is 9.96. The van der Waals surface area contributed by atoms with Crippen LogP contribution in [0.5, 0.6) is 0 Å². The summed E-state index contributed by atoms with van der Waals surface area (Å²) >= 11 is 0. The molecule has 2 aromatic rings. The number of aryl methyl sites for hydroxylation is 1. The maximum atomic E-state index is 13.8. The molecule has 1 atom stereocenters. The molecule has 2 aromatic carbocycles. The van der Waals surface area contributed by atoms with Crippen LogP contribution < -0.4 is 0 Å². The van der Waals surface area contributed by atoms with Gasteiger partial charge in [0.05, 0.1) is 6.61 Å². The number of rotatable bonds is 3. The van der Waals surface area contributed by atoms with E-state index in [-0.39, 0.29) is 24.3 Å². The Morgan fingerprint density at radius 1 is 0.829 bits per heavy atom. The van der Waals surface area contributed by atoms with Gasteiger partial charge >= 0.3 is 0 Å². The highest BCUT2D eigenvalue weighted by molar-refractivity contribution is 5.98. The van der Waals surface area contributed by atoms with Crippen molar-refractivity contribution >= 4 is 17.7 Å². The first-order valence-corrected chi connectivity index (χ1v) is 12.3. The maximum absolute atomic E-state index is 13.8. The van der Waals surface area contributed by atoms with E-state index < -0.39 is 17.6 Å². The van der Waals surface area contributed by atoms with Gasteiger partial charge in [0.1, 0.15) is 17.6 Å². The molecule has 3 fully saturated rings. The fourth-order valence-corrected chi connectivity index (χ4v) is 5.37. The lowest BCUT2D eigenvalue weighted by Crippen LogP contribution is -2.60. The number of ether oxygens (including phenoxy) is 1. The van der Waals surface area contributed by atoms with Gasteiger partial charge in [-0.15, -0.1) is 0 Å². The van der Waals surface area contributed by atoms with Gasteiger partial charge in [-0.1, -0.05) is 17.7 Å². The summed E-state index contributed by atoms with van der Waals surface area (Å²) in [5.41, 5.74) is 1.04. The Bertz CT molecular complexity index is 1100. The average molecular weight is 480 g/mol. The van der Waals surface area contributed by atoms with E-state index in [1.54, 1.807) is 21.9 Å². The molecular formula is C27H30FN3O4. The Labute approximate surface area is 204 Å². The van der Waals surface area contributed by atoms with Crippen molar-refractivity contribution in [3.8, 4) is 0 Å². The zero-order valence-electron chi connectivity index (χ0n) is 19.9. The quantitative estimate of drug-likeness (QED) is 0.678. The van der Waals surface area contributed by atoms with Crippen LogP contribution in [0.4, 0.5) is 4.39 Å². The number of benzene rings is 2. The van der Waals surface area contributed by atoms with E-state index in [9.17, 15) is 18.8 Å². The molecule has 3 saturated heterocycles. The van der Waals surface area contributed by atoms with Gasteiger partial charge in [0.2, 0.25) is 5.91 Å². The fourth-order valence-electron chi connectivity index (χ4n) is 5.37. The minimum atomic E-state index is -0.943. The first-order valence-electron chi connectivity index (χ1n) is 12.3. The van der Waals surface area contributed by atoms with Crippen LogP contribution in [0.1, 0.15) is 52.0 Å². The molecule has 0 bridgehead atoms. The highest BCUT2D eigenvalue weighted by atomic mass is 19.1. The largest absolute Gasteiger partial charge is 0.353 e. The minimum Gasteiger partial charge on any atom is -0.353 e. The summed E-state index contributed by atoms with van der Waals surface area (Å²) in [5.74, 6) is -0.862. The second kappa shape index (κ2) is 9.41. The van der Waals surface area contributed by atoms with Gasteiger partial charge < -0.3 is 14.5 Å². The molecule has 3 aliphatic rings. The van der Waals surface area contributed by atoms with Gasteiger partial charge in [-0.3, -0.25) is 19.3 Å². The molecule has 7 nitrogen and oxygen atoms in total. The number of piperidine rings is 1. The first kappa shape index (κ1) is 23.5. The van der Waals surface area contributed by atoms with Gasteiger partial charge in [-0.25, -0.2) is 4.39 Å². The number of carbonyl (C=O) groups is 3. The number of likely N-dealkylation sites (tertiary alicyclic amines) is 2. The van der Waals surface area contributed by atoms with E-state index in [2.05, 4.69) is 0 Å². The highest BCUT2D eigenvalue weighted by Crippen LogP contribution is 2.39. The van der Waals surface area contributed by atoms with Gasteiger partial charge in [0, 0.05) is 50.1 Å². The summed E-state index contributed by atoms with van der Waals surface area (Å²) in [4.78, 5) is 45.3. The molecule has 184 valence electrons. The standard InChI is InChI=1S/C27H30FN3O4/c1-19-4-6-21(7-5-19)25(33)31-23(26(34)29-14-2-3-15-29)18-35-27(31)12-16-30(17-13-27)24(32)20-8-10-22(28)11-9-20/h4-11,23H,2-3,12-18H2,1H3/t23-/m1/s1. The van der Waals surface area contributed by atoms with Gasteiger partial charge in [-0.05, 0) is 56.2 Å². The van der Waals surface area contributed by atoms with Crippen molar-refractivity contribution in [3.63, 3.8) is 0 Å². The van der Waals surface area contributed by atoms with Crippen LogP contribution >= 0.6 is 0 Å². The minimum absolute atomic E-state index is 0.0651. The number of amides is 3. The topological polar surface area (TPSA) is 70.2 Å².